The number of aryl methyl sites for hydroxylation is 1. The lowest BCUT2D eigenvalue weighted by molar-refractivity contribution is -0.123. The molecule has 2 N–H and O–H groups in total. The van der Waals surface area contributed by atoms with E-state index in [1.807, 2.05) is 38.1 Å². The zero-order valence-corrected chi connectivity index (χ0v) is 21.6. The fraction of sp³-hybridized carbons (Fsp3) is 0.240. The number of carbonyl (C=O) groups is 1. The topological polar surface area (TPSA) is 93.7 Å². The van der Waals surface area contributed by atoms with Crippen LogP contribution < -0.4 is 19.5 Å². The zero-order chi connectivity index (χ0) is 24.7. The van der Waals surface area contributed by atoms with E-state index in [0.717, 1.165) is 10.0 Å². The monoisotopic (exact) mass is 546 g/mol. The van der Waals surface area contributed by atoms with E-state index in [0.29, 0.717) is 29.4 Å². The number of ether oxygens (including phenoxy) is 2. The van der Waals surface area contributed by atoms with E-state index in [9.17, 15) is 13.2 Å². The first-order valence-electron chi connectivity index (χ1n) is 10.7. The van der Waals surface area contributed by atoms with Crippen LogP contribution in [-0.2, 0) is 14.8 Å². The van der Waals surface area contributed by atoms with Gasteiger partial charge < -0.3 is 14.8 Å². The molecule has 3 aromatic rings. The minimum absolute atomic E-state index is 0.0968. The maximum atomic E-state index is 12.8. The number of carbonyl (C=O) groups excluding carboxylic acids is 1. The summed E-state index contributed by atoms with van der Waals surface area (Å²) in [6.45, 7) is 5.85. The third kappa shape index (κ3) is 6.98. The molecular formula is C25H27BrN2O5S. The van der Waals surface area contributed by atoms with Crippen LogP contribution in [-0.4, -0.2) is 27.5 Å². The number of halogens is 1. The summed E-state index contributed by atoms with van der Waals surface area (Å²) in [5, 5.41) is 2.89. The summed E-state index contributed by atoms with van der Waals surface area (Å²) in [5.74, 6) is 0.827. The molecule has 0 bridgehead atoms. The molecule has 180 valence electrons. The highest BCUT2D eigenvalue weighted by Gasteiger charge is 2.17. The minimum Gasteiger partial charge on any atom is -0.494 e. The second kappa shape index (κ2) is 11.4. The van der Waals surface area contributed by atoms with Crippen LogP contribution in [0, 0.1) is 6.92 Å². The SMILES string of the molecule is CCOc1ccc(NS(=O)(=O)c2ccc(OCC(=O)NC(C)c3ccc(Br)cc3)c(C)c2)cc1. The molecule has 1 unspecified atom stereocenters. The Morgan fingerprint density at radius 3 is 2.29 bits per heavy atom. The van der Waals surface area contributed by atoms with E-state index in [2.05, 4.69) is 26.0 Å². The molecule has 0 aromatic heterocycles. The van der Waals surface area contributed by atoms with Gasteiger partial charge in [-0.25, -0.2) is 8.42 Å². The molecule has 9 heteroatoms. The number of hydrogen-bond donors (Lipinski definition) is 2. The van der Waals surface area contributed by atoms with Gasteiger partial charge in [0.2, 0.25) is 0 Å². The number of nitrogens with one attached hydrogen (secondary N) is 2. The average molecular weight is 547 g/mol. The molecule has 0 aliphatic carbocycles. The molecule has 0 spiro atoms. The third-order valence-corrected chi connectivity index (χ3v) is 6.89. The molecule has 0 saturated heterocycles. The molecule has 0 radical (unpaired) electrons. The van der Waals surface area contributed by atoms with Gasteiger partial charge in [-0.2, -0.15) is 0 Å². The van der Waals surface area contributed by atoms with Crippen molar-refractivity contribution in [1.29, 1.82) is 0 Å². The predicted octanol–water partition coefficient (Wildman–Crippen LogP) is 5.21. The number of rotatable bonds is 10. The Kier molecular flexibility index (Phi) is 8.57. The van der Waals surface area contributed by atoms with Crippen LogP contribution in [0.1, 0.15) is 31.0 Å². The van der Waals surface area contributed by atoms with Crippen LogP contribution in [0.5, 0.6) is 11.5 Å². The van der Waals surface area contributed by atoms with Gasteiger partial charge in [0.25, 0.3) is 15.9 Å². The Balaban J connectivity index is 1.59. The van der Waals surface area contributed by atoms with Gasteiger partial charge in [-0.05, 0) is 86.5 Å². The van der Waals surface area contributed by atoms with Crippen molar-refractivity contribution in [3.63, 3.8) is 0 Å². The minimum atomic E-state index is -3.79. The van der Waals surface area contributed by atoms with Gasteiger partial charge in [-0.1, -0.05) is 28.1 Å². The van der Waals surface area contributed by atoms with Gasteiger partial charge in [0, 0.05) is 10.2 Å². The van der Waals surface area contributed by atoms with Gasteiger partial charge in [-0.3, -0.25) is 9.52 Å². The Morgan fingerprint density at radius 1 is 1.00 bits per heavy atom. The van der Waals surface area contributed by atoms with Crippen molar-refractivity contribution in [2.24, 2.45) is 0 Å². The number of anilines is 1. The van der Waals surface area contributed by atoms with Crippen LogP contribution in [0.25, 0.3) is 0 Å². The van der Waals surface area contributed by atoms with Gasteiger partial charge in [0.05, 0.1) is 17.5 Å². The quantitative estimate of drug-likeness (QED) is 0.364. The largest absolute Gasteiger partial charge is 0.494 e. The summed E-state index contributed by atoms with van der Waals surface area (Å²) in [4.78, 5) is 12.4. The highest BCUT2D eigenvalue weighted by molar-refractivity contribution is 9.10. The average Bonchev–Trinajstić information content (AvgIpc) is 2.80. The standard InChI is InChI=1S/C25H27BrN2O5S/c1-4-32-22-11-9-21(10-12-22)28-34(30,31)23-13-14-24(17(2)15-23)33-16-25(29)27-18(3)19-5-7-20(26)8-6-19/h5-15,18,28H,4,16H2,1-3H3,(H,27,29). The van der Waals surface area contributed by atoms with Crippen molar-refractivity contribution in [2.75, 3.05) is 17.9 Å². The summed E-state index contributed by atoms with van der Waals surface area (Å²) >= 11 is 3.39. The second-order valence-corrected chi connectivity index (χ2v) is 10.2. The molecule has 3 aromatic carbocycles. The first-order valence-corrected chi connectivity index (χ1v) is 13.0. The van der Waals surface area contributed by atoms with Crippen molar-refractivity contribution < 1.29 is 22.7 Å². The Morgan fingerprint density at radius 2 is 1.68 bits per heavy atom. The van der Waals surface area contributed by atoms with E-state index in [1.54, 1.807) is 37.3 Å². The first kappa shape index (κ1) is 25.6. The summed E-state index contributed by atoms with van der Waals surface area (Å²) in [6.07, 6.45) is 0. The van der Waals surface area contributed by atoms with Crippen molar-refractivity contribution in [2.45, 2.75) is 31.7 Å². The summed E-state index contributed by atoms with van der Waals surface area (Å²) in [5.41, 5.74) is 2.00. The molecular weight excluding hydrogens is 520 g/mol. The van der Waals surface area contributed by atoms with E-state index in [1.165, 1.54) is 12.1 Å². The normalized spacial score (nSPS) is 12.0. The van der Waals surface area contributed by atoms with Gasteiger partial charge in [0.15, 0.2) is 6.61 Å². The molecule has 3 rings (SSSR count). The van der Waals surface area contributed by atoms with Crippen LogP contribution in [0.4, 0.5) is 5.69 Å². The van der Waals surface area contributed by atoms with Crippen LogP contribution in [0.2, 0.25) is 0 Å². The molecule has 1 atom stereocenters. The molecule has 0 saturated carbocycles. The molecule has 34 heavy (non-hydrogen) atoms. The molecule has 0 heterocycles. The molecule has 1 amide bonds. The van der Waals surface area contributed by atoms with Gasteiger partial charge >= 0.3 is 0 Å². The maximum absolute atomic E-state index is 12.8. The lowest BCUT2D eigenvalue weighted by Gasteiger charge is -2.16. The number of benzene rings is 3. The lowest BCUT2D eigenvalue weighted by atomic mass is 10.1. The molecule has 0 aliphatic heterocycles. The fourth-order valence-corrected chi connectivity index (χ4v) is 4.62. The van der Waals surface area contributed by atoms with Crippen molar-refractivity contribution in [3.8, 4) is 11.5 Å². The Bertz CT molecular complexity index is 1230. The number of hydrogen-bond acceptors (Lipinski definition) is 5. The van der Waals surface area contributed by atoms with E-state index in [-0.39, 0.29) is 23.5 Å². The second-order valence-electron chi connectivity index (χ2n) is 7.62. The molecule has 7 nitrogen and oxygen atoms in total. The maximum Gasteiger partial charge on any atom is 0.261 e. The predicted molar refractivity (Wildman–Crippen MR) is 136 cm³/mol. The molecule has 0 fully saturated rings. The van der Waals surface area contributed by atoms with Crippen LogP contribution >= 0.6 is 15.9 Å². The smallest absolute Gasteiger partial charge is 0.261 e. The van der Waals surface area contributed by atoms with E-state index >= 15 is 0 Å². The van der Waals surface area contributed by atoms with E-state index in [4.69, 9.17) is 9.47 Å². The summed E-state index contributed by atoms with van der Waals surface area (Å²) < 4.78 is 40.1. The Hall–Kier alpha value is -3.04. The third-order valence-electron chi connectivity index (χ3n) is 4.98. The van der Waals surface area contributed by atoms with Gasteiger partial charge in [0.1, 0.15) is 11.5 Å². The van der Waals surface area contributed by atoms with Crippen LogP contribution in [0.3, 0.4) is 0 Å². The Labute approximate surface area is 208 Å². The van der Waals surface area contributed by atoms with Crippen molar-refractivity contribution in [3.05, 3.63) is 82.3 Å². The fourth-order valence-electron chi connectivity index (χ4n) is 3.21. The summed E-state index contributed by atoms with van der Waals surface area (Å²) in [7, 11) is -3.79. The van der Waals surface area contributed by atoms with Gasteiger partial charge in [-0.15, -0.1) is 0 Å². The van der Waals surface area contributed by atoms with Crippen LogP contribution in [0.15, 0.2) is 76.1 Å². The highest BCUT2D eigenvalue weighted by Crippen LogP contribution is 2.24. The first-order chi connectivity index (χ1) is 16.2. The lowest BCUT2D eigenvalue weighted by Crippen LogP contribution is -2.31. The van der Waals surface area contributed by atoms with Crippen molar-refractivity contribution in [1.82, 2.24) is 5.32 Å². The highest BCUT2D eigenvalue weighted by atomic mass is 79.9. The molecule has 0 aliphatic rings. The zero-order valence-electron chi connectivity index (χ0n) is 19.2. The number of amides is 1. The van der Waals surface area contributed by atoms with Crippen molar-refractivity contribution >= 4 is 37.5 Å². The van der Waals surface area contributed by atoms with E-state index < -0.39 is 10.0 Å². The number of sulfonamides is 1. The summed E-state index contributed by atoms with van der Waals surface area (Å²) in [6, 6.07) is 18.7.